The second-order valence-electron chi connectivity index (χ2n) is 9.00. The topological polar surface area (TPSA) is 74.3 Å². The van der Waals surface area contributed by atoms with Crippen molar-refractivity contribution in [2.75, 3.05) is 25.0 Å². The van der Waals surface area contributed by atoms with E-state index in [2.05, 4.69) is 22.5 Å². The van der Waals surface area contributed by atoms with Crippen LogP contribution in [0.25, 0.3) is 11.1 Å². The van der Waals surface area contributed by atoms with Gasteiger partial charge < -0.3 is 15.5 Å². The zero-order chi connectivity index (χ0) is 26.4. The number of piperidine rings is 1. The summed E-state index contributed by atoms with van der Waals surface area (Å²) >= 11 is 1.41. The number of hydrogen-bond acceptors (Lipinski definition) is 4. The van der Waals surface area contributed by atoms with Gasteiger partial charge in [-0.25, -0.2) is 9.78 Å². The minimum absolute atomic E-state index is 0.0365. The summed E-state index contributed by atoms with van der Waals surface area (Å²) in [5.41, 5.74) is 0.763. The molecule has 1 aliphatic rings. The number of nitrogens with one attached hydrogen (secondary N) is 2. The van der Waals surface area contributed by atoms with Gasteiger partial charge in [0.25, 0.3) is 5.91 Å². The van der Waals surface area contributed by atoms with Gasteiger partial charge in [0.05, 0.1) is 10.6 Å². The molecule has 1 aliphatic heterocycles. The van der Waals surface area contributed by atoms with Crippen LogP contribution in [0.1, 0.15) is 59.6 Å². The van der Waals surface area contributed by atoms with Crippen molar-refractivity contribution in [1.29, 1.82) is 0 Å². The van der Waals surface area contributed by atoms with E-state index in [-0.39, 0.29) is 17.6 Å². The molecular formula is C27H29F3N4O2S. The van der Waals surface area contributed by atoms with Gasteiger partial charge in [0.15, 0.2) is 0 Å². The van der Waals surface area contributed by atoms with E-state index in [4.69, 9.17) is 0 Å². The maximum atomic E-state index is 13.2. The molecule has 3 amide bonds. The Morgan fingerprint density at radius 3 is 2.59 bits per heavy atom. The molecule has 196 valence electrons. The summed E-state index contributed by atoms with van der Waals surface area (Å²) in [6.45, 7) is 4.02. The molecule has 1 fully saturated rings. The number of rotatable bonds is 7. The number of thiazole rings is 1. The van der Waals surface area contributed by atoms with Crippen molar-refractivity contribution in [2.45, 2.75) is 44.7 Å². The fourth-order valence-corrected chi connectivity index (χ4v) is 5.26. The van der Waals surface area contributed by atoms with Gasteiger partial charge >= 0.3 is 12.2 Å². The van der Waals surface area contributed by atoms with Gasteiger partial charge in [-0.15, -0.1) is 11.3 Å². The molecule has 0 saturated carbocycles. The fraction of sp³-hybridized carbons (Fsp3) is 0.370. The van der Waals surface area contributed by atoms with Crippen LogP contribution in [-0.2, 0) is 6.18 Å². The molecule has 0 radical (unpaired) electrons. The van der Waals surface area contributed by atoms with Crippen LogP contribution in [0, 0.1) is 0 Å². The monoisotopic (exact) mass is 530 g/mol. The molecular weight excluding hydrogens is 501 g/mol. The van der Waals surface area contributed by atoms with Gasteiger partial charge in [-0.1, -0.05) is 43.7 Å². The van der Waals surface area contributed by atoms with E-state index in [1.54, 1.807) is 35.7 Å². The lowest BCUT2D eigenvalue weighted by molar-refractivity contribution is -0.137. The van der Waals surface area contributed by atoms with E-state index >= 15 is 0 Å². The number of halogens is 3. The summed E-state index contributed by atoms with van der Waals surface area (Å²) in [6, 6.07) is 11.7. The van der Waals surface area contributed by atoms with Gasteiger partial charge in [-0.2, -0.15) is 13.2 Å². The molecule has 37 heavy (non-hydrogen) atoms. The van der Waals surface area contributed by atoms with Crippen molar-refractivity contribution < 1.29 is 22.8 Å². The molecule has 2 aromatic carbocycles. The Hall–Kier alpha value is -3.40. The van der Waals surface area contributed by atoms with E-state index in [9.17, 15) is 22.8 Å². The van der Waals surface area contributed by atoms with Crippen molar-refractivity contribution >= 4 is 29.0 Å². The third-order valence-corrected chi connectivity index (χ3v) is 7.38. The van der Waals surface area contributed by atoms with Gasteiger partial charge in [-0.3, -0.25) is 4.79 Å². The first-order valence-electron chi connectivity index (χ1n) is 12.3. The number of likely N-dealkylation sites (tertiary alicyclic amines) is 1. The highest BCUT2D eigenvalue weighted by molar-refractivity contribution is 7.10. The molecule has 10 heteroatoms. The van der Waals surface area contributed by atoms with Crippen molar-refractivity contribution in [3.05, 3.63) is 70.2 Å². The summed E-state index contributed by atoms with van der Waals surface area (Å²) < 4.78 is 39.6. The number of unbranched alkanes of at least 4 members (excludes halogenated alkanes) is 1. The quantitative estimate of drug-likeness (QED) is 0.331. The van der Waals surface area contributed by atoms with E-state index in [1.165, 1.54) is 17.4 Å². The molecule has 0 aliphatic carbocycles. The van der Waals surface area contributed by atoms with Crippen LogP contribution in [0.3, 0.4) is 0 Å². The number of urea groups is 1. The normalized spacial score (nSPS) is 14.4. The van der Waals surface area contributed by atoms with Gasteiger partial charge in [0.1, 0.15) is 5.69 Å². The second kappa shape index (κ2) is 11.8. The molecule has 0 spiro atoms. The lowest BCUT2D eigenvalue weighted by atomic mass is 9.98. The van der Waals surface area contributed by atoms with Crippen LogP contribution in [-0.4, -0.2) is 41.5 Å². The molecule has 6 nitrogen and oxygen atoms in total. The van der Waals surface area contributed by atoms with E-state index in [0.717, 1.165) is 42.8 Å². The molecule has 4 rings (SSSR count). The largest absolute Gasteiger partial charge is 0.416 e. The van der Waals surface area contributed by atoms with Gasteiger partial charge in [-0.05, 0) is 43.0 Å². The summed E-state index contributed by atoms with van der Waals surface area (Å²) in [7, 11) is 0. The van der Waals surface area contributed by atoms with Crippen LogP contribution in [0.4, 0.5) is 23.7 Å². The zero-order valence-corrected chi connectivity index (χ0v) is 21.3. The molecule has 0 unspecified atom stereocenters. The van der Waals surface area contributed by atoms with Crippen molar-refractivity contribution in [1.82, 2.24) is 15.2 Å². The number of para-hydroxylation sites is 1. The maximum Gasteiger partial charge on any atom is 0.416 e. The number of hydrogen-bond donors (Lipinski definition) is 2. The first-order valence-corrected chi connectivity index (χ1v) is 13.2. The summed E-state index contributed by atoms with van der Waals surface area (Å²) in [5, 5.41) is 8.30. The fourth-order valence-electron chi connectivity index (χ4n) is 4.29. The second-order valence-corrected chi connectivity index (χ2v) is 9.89. The number of carbonyl (C=O) groups is 2. The predicted octanol–water partition coefficient (Wildman–Crippen LogP) is 6.77. The molecule has 1 aromatic heterocycles. The smallest absolute Gasteiger partial charge is 0.338 e. The molecule has 2 N–H and O–H groups in total. The Balaban J connectivity index is 1.40. The Labute approximate surface area is 217 Å². The van der Waals surface area contributed by atoms with Crippen molar-refractivity contribution in [3.63, 3.8) is 0 Å². The Kier molecular flexibility index (Phi) is 8.48. The molecule has 1 saturated heterocycles. The average Bonchev–Trinajstić information content (AvgIpc) is 3.39. The highest BCUT2D eigenvalue weighted by Gasteiger charge is 2.31. The van der Waals surface area contributed by atoms with Crippen LogP contribution in [0.5, 0.6) is 0 Å². The lowest BCUT2D eigenvalue weighted by Gasteiger charge is -2.31. The number of nitrogens with zero attached hydrogens (tertiary/aromatic N) is 2. The number of amides is 3. The SMILES string of the molecule is CCCCNC(=O)N1CCC(c2nc(C(=O)Nc3ccccc3-c3cccc(C(F)(F)F)c3)cs2)CC1. The summed E-state index contributed by atoms with van der Waals surface area (Å²) in [6.07, 6.45) is -0.932. The first kappa shape index (κ1) is 26.7. The Morgan fingerprint density at radius 1 is 1.11 bits per heavy atom. The number of carbonyl (C=O) groups excluding carboxylic acids is 2. The number of alkyl halides is 3. The van der Waals surface area contributed by atoms with Crippen molar-refractivity contribution in [2.24, 2.45) is 0 Å². The lowest BCUT2D eigenvalue weighted by Crippen LogP contribution is -2.44. The third kappa shape index (κ3) is 6.68. The van der Waals surface area contributed by atoms with Crippen LogP contribution >= 0.6 is 11.3 Å². The standard InChI is InChI=1S/C27H29F3N4O2S/c1-2-3-13-31-26(36)34-14-11-18(12-15-34)25-33-23(17-37-25)24(35)32-22-10-5-4-9-21(22)19-7-6-8-20(16-19)27(28,29)30/h4-10,16-18H,2-3,11-15H2,1H3,(H,31,36)(H,32,35). The number of benzene rings is 2. The number of anilines is 1. The predicted molar refractivity (Wildman–Crippen MR) is 139 cm³/mol. The zero-order valence-electron chi connectivity index (χ0n) is 20.5. The Morgan fingerprint density at radius 2 is 1.86 bits per heavy atom. The van der Waals surface area contributed by atoms with E-state index in [0.29, 0.717) is 36.4 Å². The minimum Gasteiger partial charge on any atom is -0.338 e. The van der Waals surface area contributed by atoms with Crippen molar-refractivity contribution in [3.8, 4) is 11.1 Å². The number of aromatic nitrogens is 1. The first-order chi connectivity index (χ1) is 17.8. The van der Waals surface area contributed by atoms with Crippen LogP contribution in [0.15, 0.2) is 53.9 Å². The van der Waals surface area contributed by atoms with E-state index in [1.807, 2.05) is 4.90 Å². The highest BCUT2D eigenvalue weighted by Crippen LogP contribution is 2.35. The molecule has 0 bridgehead atoms. The molecule has 0 atom stereocenters. The third-order valence-electron chi connectivity index (χ3n) is 6.37. The highest BCUT2D eigenvalue weighted by atomic mass is 32.1. The summed E-state index contributed by atoms with van der Waals surface area (Å²) in [5.74, 6) is -0.252. The van der Waals surface area contributed by atoms with Gasteiger partial charge in [0.2, 0.25) is 0 Å². The van der Waals surface area contributed by atoms with Crippen LogP contribution in [0.2, 0.25) is 0 Å². The Bertz CT molecular complexity index is 1240. The summed E-state index contributed by atoms with van der Waals surface area (Å²) in [4.78, 5) is 31.6. The van der Waals surface area contributed by atoms with Gasteiger partial charge in [0, 0.05) is 42.2 Å². The molecule has 2 heterocycles. The average molecular weight is 531 g/mol. The maximum absolute atomic E-state index is 13.2. The molecule has 3 aromatic rings. The van der Waals surface area contributed by atoms with E-state index < -0.39 is 17.6 Å². The minimum atomic E-state index is -4.46. The van der Waals surface area contributed by atoms with Crippen LogP contribution < -0.4 is 10.6 Å².